The zero-order chi connectivity index (χ0) is 12.3. The summed E-state index contributed by atoms with van der Waals surface area (Å²) in [6, 6.07) is 0. The topological polar surface area (TPSA) is 33.6 Å². The average molecular weight is 253 g/mol. The fourth-order valence-corrected chi connectivity index (χ4v) is 1.52. The minimum atomic E-state index is -4.27. The molecule has 0 saturated heterocycles. The van der Waals surface area contributed by atoms with Crippen LogP contribution in [-0.2, 0) is 13.0 Å². The van der Waals surface area contributed by atoms with Crippen molar-refractivity contribution in [3.05, 3.63) is 10.6 Å². The average Bonchev–Trinajstić information content (AvgIpc) is 2.43. The molecule has 0 radical (unpaired) electrons. The van der Waals surface area contributed by atoms with Crippen LogP contribution in [0.4, 0.5) is 13.2 Å². The largest absolute Gasteiger partial charge is 0.406 e. The van der Waals surface area contributed by atoms with Gasteiger partial charge in [-0.2, -0.15) is 18.3 Å². The Morgan fingerprint density at radius 2 is 2.06 bits per heavy atom. The molecule has 1 aromatic rings. The van der Waals surface area contributed by atoms with Gasteiger partial charge in [0.25, 0.3) is 0 Å². The van der Waals surface area contributed by atoms with Crippen LogP contribution in [0.1, 0.15) is 26.1 Å². The van der Waals surface area contributed by atoms with Gasteiger partial charge in [0.05, 0.1) is 0 Å². The number of aromatic amines is 1. The van der Waals surface area contributed by atoms with Crippen molar-refractivity contribution in [2.24, 2.45) is 5.92 Å². The van der Waals surface area contributed by atoms with Crippen LogP contribution in [-0.4, -0.2) is 20.9 Å². The van der Waals surface area contributed by atoms with E-state index >= 15 is 0 Å². The first kappa shape index (κ1) is 13.2. The van der Waals surface area contributed by atoms with Gasteiger partial charge >= 0.3 is 6.18 Å². The van der Waals surface area contributed by atoms with Gasteiger partial charge < -0.3 is 0 Å². The predicted molar refractivity (Wildman–Crippen MR) is 56.6 cm³/mol. The second kappa shape index (κ2) is 4.99. The van der Waals surface area contributed by atoms with Gasteiger partial charge in [-0.1, -0.05) is 13.8 Å². The second-order valence-corrected chi connectivity index (χ2v) is 4.47. The highest BCUT2D eigenvalue weighted by atomic mass is 32.1. The van der Waals surface area contributed by atoms with Crippen molar-refractivity contribution < 1.29 is 13.2 Å². The zero-order valence-electron chi connectivity index (χ0n) is 9.14. The third-order valence-corrected chi connectivity index (χ3v) is 2.43. The lowest BCUT2D eigenvalue weighted by atomic mass is 10.1. The molecule has 0 saturated carbocycles. The fraction of sp³-hybridized carbons (Fsp3) is 0.778. The van der Waals surface area contributed by atoms with Gasteiger partial charge in [0.15, 0.2) is 4.77 Å². The van der Waals surface area contributed by atoms with Gasteiger partial charge in [0.2, 0.25) is 0 Å². The van der Waals surface area contributed by atoms with Crippen molar-refractivity contribution in [2.45, 2.75) is 39.4 Å². The Kier molecular flexibility index (Phi) is 4.12. The summed E-state index contributed by atoms with van der Waals surface area (Å²) in [5, 5.41) is 6.22. The molecule has 0 aromatic carbocycles. The third kappa shape index (κ3) is 3.96. The zero-order valence-corrected chi connectivity index (χ0v) is 9.95. The summed E-state index contributed by atoms with van der Waals surface area (Å²) < 4.78 is 37.8. The van der Waals surface area contributed by atoms with Crippen molar-refractivity contribution in [3.63, 3.8) is 0 Å². The molecule has 3 nitrogen and oxygen atoms in total. The molecule has 0 aliphatic heterocycles. The number of nitrogens with one attached hydrogen (secondary N) is 1. The van der Waals surface area contributed by atoms with E-state index in [9.17, 15) is 13.2 Å². The maximum Gasteiger partial charge on any atom is 0.406 e. The van der Waals surface area contributed by atoms with Gasteiger partial charge in [0, 0.05) is 6.42 Å². The van der Waals surface area contributed by atoms with Crippen molar-refractivity contribution in [1.82, 2.24) is 14.8 Å². The van der Waals surface area contributed by atoms with Crippen LogP contribution in [0.5, 0.6) is 0 Å². The summed E-state index contributed by atoms with van der Waals surface area (Å²) in [6.07, 6.45) is -2.98. The lowest BCUT2D eigenvalue weighted by Crippen LogP contribution is -2.20. The quantitative estimate of drug-likeness (QED) is 0.836. The van der Waals surface area contributed by atoms with Crippen molar-refractivity contribution >= 4 is 12.2 Å². The molecule has 7 heteroatoms. The highest BCUT2D eigenvalue weighted by Crippen LogP contribution is 2.19. The normalized spacial score (nSPS) is 12.4. The van der Waals surface area contributed by atoms with Gasteiger partial charge in [-0.25, -0.2) is 0 Å². The minimum absolute atomic E-state index is 0.0241. The molecule has 0 aliphatic rings. The molecule has 0 fully saturated rings. The van der Waals surface area contributed by atoms with E-state index in [-0.39, 0.29) is 4.77 Å². The number of alkyl halides is 3. The molecule has 0 bridgehead atoms. The number of halogens is 3. The summed E-state index contributed by atoms with van der Waals surface area (Å²) in [7, 11) is 0. The van der Waals surface area contributed by atoms with E-state index < -0.39 is 12.7 Å². The maximum absolute atomic E-state index is 12.3. The molecular formula is C9H14F3N3S. The second-order valence-electron chi connectivity index (χ2n) is 4.08. The van der Waals surface area contributed by atoms with Crippen molar-refractivity contribution in [1.29, 1.82) is 0 Å². The first-order valence-corrected chi connectivity index (χ1v) is 5.41. The molecule has 16 heavy (non-hydrogen) atoms. The van der Waals surface area contributed by atoms with Crippen LogP contribution in [0, 0.1) is 10.7 Å². The highest BCUT2D eigenvalue weighted by Gasteiger charge is 2.29. The molecule has 0 spiro atoms. The van der Waals surface area contributed by atoms with E-state index in [1.807, 2.05) is 13.8 Å². The maximum atomic E-state index is 12.3. The van der Waals surface area contributed by atoms with E-state index in [0.29, 0.717) is 18.2 Å². The van der Waals surface area contributed by atoms with E-state index in [4.69, 9.17) is 12.2 Å². The third-order valence-electron chi connectivity index (χ3n) is 2.12. The molecule has 1 N–H and O–H groups in total. The number of aryl methyl sites for hydroxylation is 1. The molecular weight excluding hydrogens is 239 g/mol. The smallest absolute Gasteiger partial charge is 0.295 e. The first-order valence-electron chi connectivity index (χ1n) is 5.00. The lowest BCUT2D eigenvalue weighted by Gasteiger charge is -2.10. The molecule has 0 aliphatic carbocycles. The standard InChI is InChI=1S/C9H14F3N3S/c1-6(2)3-4-7-13-14-8(16)15(7)5-9(10,11)12/h6H,3-5H2,1-2H3,(H,14,16). The molecule has 0 atom stereocenters. The summed E-state index contributed by atoms with van der Waals surface area (Å²) in [5.41, 5.74) is 0. The monoisotopic (exact) mass is 253 g/mol. The van der Waals surface area contributed by atoms with Gasteiger partial charge in [-0.3, -0.25) is 9.67 Å². The SMILES string of the molecule is CC(C)CCc1n[nH]c(=S)n1CC(F)(F)F. The summed E-state index contributed by atoms with van der Waals surface area (Å²) in [6.45, 7) is 2.94. The molecule has 1 aromatic heterocycles. The Hall–Kier alpha value is -0.850. The highest BCUT2D eigenvalue weighted by molar-refractivity contribution is 7.71. The van der Waals surface area contributed by atoms with Gasteiger partial charge in [-0.05, 0) is 24.6 Å². The number of aromatic nitrogens is 3. The number of nitrogens with zero attached hydrogens (tertiary/aromatic N) is 2. The van der Waals surface area contributed by atoms with Crippen LogP contribution in [0.25, 0.3) is 0 Å². The summed E-state index contributed by atoms with van der Waals surface area (Å²) >= 11 is 4.77. The van der Waals surface area contributed by atoms with Crippen molar-refractivity contribution in [3.8, 4) is 0 Å². The molecule has 0 unspecified atom stereocenters. The number of rotatable bonds is 4. The Bertz CT molecular complexity index is 391. The minimum Gasteiger partial charge on any atom is -0.295 e. The van der Waals surface area contributed by atoms with Crippen LogP contribution in [0.15, 0.2) is 0 Å². The number of hydrogen-bond acceptors (Lipinski definition) is 2. The number of hydrogen-bond donors (Lipinski definition) is 1. The molecule has 0 amide bonds. The van der Waals surface area contributed by atoms with Crippen molar-refractivity contribution in [2.75, 3.05) is 0 Å². The van der Waals surface area contributed by atoms with E-state index in [2.05, 4.69) is 10.2 Å². The Labute approximate surface area is 96.7 Å². The van der Waals surface area contributed by atoms with Crippen LogP contribution in [0.2, 0.25) is 0 Å². The lowest BCUT2D eigenvalue weighted by molar-refractivity contribution is -0.141. The van der Waals surface area contributed by atoms with E-state index in [0.717, 1.165) is 11.0 Å². The Balaban J connectivity index is 2.82. The summed E-state index contributed by atoms with van der Waals surface area (Å²) in [4.78, 5) is 0. The van der Waals surface area contributed by atoms with Crippen LogP contribution >= 0.6 is 12.2 Å². The Morgan fingerprint density at radius 3 is 2.56 bits per heavy atom. The van der Waals surface area contributed by atoms with E-state index in [1.165, 1.54) is 0 Å². The Morgan fingerprint density at radius 1 is 1.44 bits per heavy atom. The van der Waals surface area contributed by atoms with E-state index in [1.54, 1.807) is 0 Å². The summed E-state index contributed by atoms with van der Waals surface area (Å²) in [5.74, 6) is 0.792. The fourth-order valence-electron chi connectivity index (χ4n) is 1.30. The van der Waals surface area contributed by atoms with Crippen LogP contribution in [0.3, 0.4) is 0 Å². The van der Waals surface area contributed by atoms with Gasteiger partial charge in [0.1, 0.15) is 12.4 Å². The molecule has 1 heterocycles. The first-order chi connectivity index (χ1) is 7.29. The number of H-pyrrole nitrogens is 1. The molecule has 1 rings (SSSR count). The van der Waals surface area contributed by atoms with Gasteiger partial charge in [-0.15, -0.1) is 0 Å². The van der Waals surface area contributed by atoms with Crippen LogP contribution < -0.4 is 0 Å². The predicted octanol–water partition coefficient (Wildman–Crippen LogP) is 3.09. The molecule has 92 valence electrons.